The Morgan fingerprint density at radius 1 is 0.508 bits per heavy atom. The Hall–Kier alpha value is -6.21. The van der Waals surface area contributed by atoms with Gasteiger partial charge in [-0.1, -0.05) is 0 Å². The highest BCUT2D eigenvalue weighted by Crippen LogP contribution is 2.61. The number of fused-ring (bicyclic) bond motifs is 5. The first-order valence-corrected chi connectivity index (χ1v) is 44.4. The van der Waals surface area contributed by atoms with E-state index in [9.17, 15) is 62.8 Å². The van der Waals surface area contributed by atoms with E-state index in [1.165, 1.54) is 79.2 Å². The van der Waals surface area contributed by atoms with Crippen LogP contribution in [0.15, 0.2) is 71.0 Å². The number of nitrogens with zero attached hydrogens (tertiary/aromatic N) is 9. The van der Waals surface area contributed by atoms with Crippen LogP contribution < -0.4 is 50.9 Å². The van der Waals surface area contributed by atoms with E-state index in [-0.39, 0.29) is 79.1 Å². The van der Waals surface area contributed by atoms with Crippen LogP contribution in [0.5, 0.6) is 0 Å². The molecule has 26 atom stereocenters. The number of H-pyrrole nitrogens is 3. The van der Waals surface area contributed by atoms with E-state index in [1.807, 2.05) is 0 Å². The molecule has 7 aliphatic rings. The summed E-state index contributed by atoms with van der Waals surface area (Å²) in [5, 5.41) is 11.7. The second-order valence-corrected chi connectivity index (χ2v) is 37.0. The Bertz CT molecular complexity index is 5350. The van der Waals surface area contributed by atoms with Crippen LogP contribution in [0.25, 0.3) is 11.2 Å². The van der Waals surface area contributed by atoms with Crippen LogP contribution >= 0.6 is 29.1 Å². The van der Waals surface area contributed by atoms with Crippen molar-refractivity contribution in [3.8, 4) is 0 Å². The molecule has 7 fully saturated rings. The van der Waals surface area contributed by atoms with Gasteiger partial charge in [0.15, 0.2) is 42.6 Å². The van der Waals surface area contributed by atoms with Gasteiger partial charge in [-0.3, -0.25) is 79.3 Å². The maximum absolute atomic E-state index is 15.2. The van der Waals surface area contributed by atoms with Crippen LogP contribution in [0.1, 0.15) is 74.2 Å². The summed E-state index contributed by atoms with van der Waals surface area (Å²) in [5.41, 5.74) is 2.76. The summed E-state index contributed by atoms with van der Waals surface area (Å²) in [4.78, 5) is 164. The molecule has 7 aliphatic heterocycles. The lowest BCUT2D eigenvalue weighted by Gasteiger charge is -2.37. The molecule has 0 saturated carbocycles. The van der Waals surface area contributed by atoms with Gasteiger partial charge in [-0.15, -0.1) is 0 Å². The smallest absolute Gasteiger partial charge is 0.387 e. The van der Waals surface area contributed by atoms with Crippen molar-refractivity contribution in [1.82, 2.24) is 57.7 Å². The molecule has 9 unspecified atom stereocenters. The molecule has 12 N–H and O–H groups in total. The van der Waals surface area contributed by atoms with Crippen molar-refractivity contribution in [2.75, 3.05) is 98.9 Å². The third-order valence-electron chi connectivity index (χ3n) is 20.8. The number of methoxy groups -OCH3 is 3. The largest absolute Gasteiger partial charge is 0.472 e. The fourth-order valence-corrected chi connectivity index (χ4v) is 19.5. The van der Waals surface area contributed by atoms with Crippen LogP contribution in [-0.2, 0) is 131 Å². The van der Waals surface area contributed by atoms with Crippen molar-refractivity contribution in [2.45, 2.75) is 182 Å². The standard InChI is InChI=1S/C63H88N14O35P4S2/c1-27-17-73(58(82)69-47(27)64)53-40(95-14-11-92-8)37(78)33(104-53)21-99-115(90,117)110-39-35(106-55(42(39)97-16-13-94-10)75-19-29(3)51(80)71-60(75)84)23-100-116(91,118)112-46-44-57(77-26-68-36-48(65)66-25-67-49(36)77)108-63(46,32(6)103-44)24-101-114(88,89)109-38-34(105-54(41(38)96-15-12-93-9)74-18-28(2)50(79)70-59(74)83)22-98-113(86,87)111-45-43-56(107-62(45,7)31(5)102-43)76-20-30(4)52(81)72-61(76)85/h17-20,25-26,31-35,37-46,53-57,78H,11-16,21-24H2,1-10H3,(H,86,87)(H,88,89)(H,90,117)(H,91,118)(H2,64,69,82)(H2,65,66,67)(H,70,79,83)(H,71,80,84)(H,72,81,85)/t31-,32-,33+,34+,35+,37?,38?,39?,40-,41-,42-,43-,44-,45?,46?,53+,54+,55+,56+,57+,62-,63-,115?,116?/m0/s1. The van der Waals surface area contributed by atoms with Gasteiger partial charge < -0.3 is 107 Å². The zero-order chi connectivity index (χ0) is 85.2. The Labute approximate surface area is 675 Å². The highest BCUT2D eigenvalue weighted by atomic mass is 32.5. The number of aromatic nitrogens is 12. The molecule has 0 aliphatic carbocycles. The summed E-state index contributed by atoms with van der Waals surface area (Å²) >= 11 is 11.4. The quantitative estimate of drug-likeness (QED) is 0.0144. The average Bonchev–Trinajstić information content (AvgIpc) is 1.54. The second-order valence-electron chi connectivity index (χ2n) is 28.6. The summed E-state index contributed by atoms with van der Waals surface area (Å²) in [7, 11) is -7.18. The van der Waals surface area contributed by atoms with Crippen LogP contribution in [0.4, 0.5) is 11.6 Å². The number of rotatable bonds is 37. The zero-order valence-electron chi connectivity index (χ0n) is 64.4. The van der Waals surface area contributed by atoms with Crippen molar-refractivity contribution in [1.29, 1.82) is 0 Å². The van der Waals surface area contributed by atoms with Crippen LogP contribution in [-0.4, -0.2) is 273 Å². The van der Waals surface area contributed by atoms with Gasteiger partial charge in [-0.25, -0.2) is 43.3 Å². The highest BCUT2D eigenvalue weighted by Gasteiger charge is 2.70. The first kappa shape index (κ1) is 89.5. The number of aliphatic hydroxyl groups is 1. The maximum Gasteiger partial charge on any atom is 0.472 e. The number of aryl methyl sites for hydroxylation is 4. The number of nitrogens with two attached hydrogens (primary N) is 2. The molecule has 0 aromatic carbocycles. The van der Waals surface area contributed by atoms with Crippen molar-refractivity contribution in [3.63, 3.8) is 0 Å². The van der Waals surface area contributed by atoms with Crippen LogP contribution in [0.3, 0.4) is 0 Å². The van der Waals surface area contributed by atoms with Gasteiger partial charge in [-0.2, -0.15) is 4.98 Å². The zero-order valence-corrected chi connectivity index (χ0v) is 69.6. The molecule has 55 heteroatoms. The topological polar surface area (TPSA) is 624 Å². The minimum Gasteiger partial charge on any atom is -0.387 e. The van der Waals surface area contributed by atoms with Gasteiger partial charge >= 0.3 is 51.8 Å². The lowest BCUT2D eigenvalue weighted by atomic mass is 9.94. The lowest BCUT2D eigenvalue weighted by Crippen LogP contribution is -2.50. The lowest BCUT2D eigenvalue weighted by molar-refractivity contribution is -0.215. The summed E-state index contributed by atoms with van der Waals surface area (Å²) < 4.78 is 161. The normalized spacial score (nSPS) is 33.2. The molecule has 0 spiro atoms. The molecular weight excluding hydrogens is 1700 g/mol. The van der Waals surface area contributed by atoms with E-state index in [0.717, 1.165) is 37.0 Å². The average molecular weight is 1790 g/mol. The number of aromatic amines is 3. The molecule has 0 amide bonds. The fourth-order valence-electron chi connectivity index (χ4n) is 14.6. The highest BCUT2D eigenvalue weighted by molar-refractivity contribution is 8.07. The number of nitrogens with one attached hydrogen (secondary N) is 3. The van der Waals surface area contributed by atoms with E-state index in [4.69, 9.17) is 133 Å². The number of hydrogen-bond donors (Lipinski definition) is 10. The van der Waals surface area contributed by atoms with Gasteiger partial charge in [0, 0.05) is 68.4 Å². The molecule has 4 bridgehead atoms. The predicted molar refractivity (Wildman–Crippen MR) is 404 cm³/mol. The molecule has 49 nitrogen and oxygen atoms in total. The third-order valence-corrected chi connectivity index (χ3v) is 25.9. The maximum atomic E-state index is 15.2. The number of nitrogen functional groups attached to an aromatic ring is 2. The Kier molecular flexibility index (Phi) is 27.0. The summed E-state index contributed by atoms with van der Waals surface area (Å²) in [6.07, 6.45) is -23.4. The van der Waals surface area contributed by atoms with Crippen molar-refractivity contribution >= 4 is 75.5 Å². The van der Waals surface area contributed by atoms with Crippen molar-refractivity contribution < 1.29 is 132 Å². The van der Waals surface area contributed by atoms with Crippen molar-refractivity contribution in [3.05, 3.63) is 133 Å². The molecule has 13 rings (SSSR count). The van der Waals surface area contributed by atoms with Crippen molar-refractivity contribution in [2.24, 2.45) is 0 Å². The van der Waals surface area contributed by atoms with Crippen LogP contribution in [0.2, 0.25) is 0 Å². The minimum absolute atomic E-state index is 0.00539. The number of imidazole rings is 1. The van der Waals surface area contributed by atoms with Gasteiger partial charge in [0.25, 0.3) is 16.7 Å². The third kappa shape index (κ3) is 18.3. The van der Waals surface area contributed by atoms with E-state index in [1.54, 1.807) is 13.8 Å². The second kappa shape index (κ2) is 35.6. The predicted octanol–water partition coefficient (Wildman–Crippen LogP) is -2.35. The number of hydrogen-bond acceptors (Lipinski definition) is 39. The van der Waals surface area contributed by atoms with Gasteiger partial charge in [0.1, 0.15) is 108 Å². The van der Waals surface area contributed by atoms with E-state index < -0.39 is 229 Å². The number of phosphoric ester groups is 2. The summed E-state index contributed by atoms with van der Waals surface area (Å²) in [5.74, 6) is -0.145. The fraction of sp³-hybridized carbons (Fsp3) is 0.667. The molecule has 6 aromatic rings. The molecule has 13 heterocycles. The first-order valence-electron chi connectivity index (χ1n) is 36.2. The SMILES string of the molecule is COCCO[C@H]1C(O)[C@@H](COP(O)(=S)OC2[C@@H](COP(O)(=S)OC3[C@@H]4O[C@@H](C)[C@]3(COP(=O)(O)OC3[C@@H](COP(=O)(O)OC5[C@@H]6O[C@@H](C)[C@]5(C)O[C@H]6n5cc(C)c(=O)[nH]c5=O)O[C@@H](n5cc(C)c(=O)[nH]c5=O)[C@H]3OCCOC)O[C@H]4n3cnc4c(N)ncnc43)O[C@@H](n3cc(C)c(=O)[nH]c3=O)[C@H]2OCCOC)O[C@H]1n1cc(C)c(N)nc1=O. The Morgan fingerprint density at radius 2 is 0.966 bits per heavy atom. The van der Waals surface area contributed by atoms with Gasteiger partial charge in [-0.05, 0) is 72.1 Å². The summed E-state index contributed by atoms with van der Waals surface area (Å²) in [6.45, 7) is -4.32. The molecular formula is C63H88N14O35P4S2. The number of anilines is 2. The van der Waals surface area contributed by atoms with Crippen LogP contribution in [0, 0.1) is 27.7 Å². The molecule has 118 heavy (non-hydrogen) atoms. The van der Waals surface area contributed by atoms with Gasteiger partial charge in [0.2, 0.25) is 0 Å². The molecule has 7 saturated heterocycles. The Balaban J connectivity index is 0.785. The molecule has 6 aromatic heterocycles. The van der Waals surface area contributed by atoms with E-state index >= 15 is 4.57 Å². The van der Waals surface area contributed by atoms with Gasteiger partial charge in [0.05, 0.1) is 84.6 Å². The number of phosphoric acid groups is 2. The first-order chi connectivity index (χ1) is 55.7. The number of ether oxygens (including phenoxy) is 13. The summed E-state index contributed by atoms with van der Waals surface area (Å²) in [6, 6.07) is 0. The van der Waals surface area contributed by atoms with E-state index in [0.29, 0.717) is 5.56 Å². The molecule has 652 valence electrons. The Morgan fingerprint density at radius 3 is 1.53 bits per heavy atom. The molecule has 0 radical (unpaired) electrons. The monoisotopic (exact) mass is 1790 g/mol. The van der Waals surface area contributed by atoms with E-state index in [2.05, 4.69) is 34.9 Å². The number of aliphatic hydroxyl groups excluding tert-OH is 1. The minimum atomic E-state index is -5.81.